The Labute approximate surface area is 126 Å². The van der Waals surface area contributed by atoms with Gasteiger partial charge in [0.1, 0.15) is 0 Å². The van der Waals surface area contributed by atoms with Gasteiger partial charge in [0.15, 0.2) is 0 Å². The maximum absolute atomic E-state index is 12.0. The van der Waals surface area contributed by atoms with Crippen molar-refractivity contribution >= 4 is 17.2 Å². The van der Waals surface area contributed by atoms with Crippen molar-refractivity contribution in [2.75, 3.05) is 6.54 Å². The van der Waals surface area contributed by atoms with Crippen molar-refractivity contribution in [2.45, 2.75) is 64.8 Å². The molecule has 1 atom stereocenters. The van der Waals surface area contributed by atoms with Crippen LogP contribution >= 0.6 is 11.3 Å². The summed E-state index contributed by atoms with van der Waals surface area (Å²) in [5.41, 5.74) is 6.58. The van der Waals surface area contributed by atoms with Crippen molar-refractivity contribution in [3.05, 3.63) is 16.1 Å². The van der Waals surface area contributed by atoms with Crippen molar-refractivity contribution in [3.8, 4) is 0 Å². The molecule has 1 heterocycles. The van der Waals surface area contributed by atoms with Gasteiger partial charge >= 0.3 is 0 Å². The standard InChI is InChI=1S/C15H27N3OS/c1-5-6-7-11(9-16)17-13(19)8-12-10-20-14(18-12)15(2,3)4/h10-11H,5-9,16H2,1-4H3,(H,17,19). The van der Waals surface area contributed by atoms with Gasteiger partial charge in [-0.25, -0.2) is 4.98 Å². The summed E-state index contributed by atoms with van der Waals surface area (Å²) in [5, 5.41) is 6.05. The first-order chi connectivity index (χ1) is 9.36. The number of amides is 1. The van der Waals surface area contributed by atoms with Gasteiger partial charge in [-0.05, 0) is 6.42 Å². The Morgan fingerprint density at radius 3 is 2.70 bits per heavy atom. The maximum Gasteiger partial charge on any atom is 0.226 e. The van der Waals surface area contributed by atoms with Gasteiger partial charge < -0.3 is 11.1 Å². The molecule has 4 nitrogen and oxygen atoms in total. The number of nitrogens with two attached hydrogens (primary N) is 1. The maximum atomic E-state index is 12.0. The quantitative estimate of drug-likeness (QED) is 0.813. The number of hydrogen-bond donors (Lipinski definition) is 2. The van der Waals surface area contributed by atoms with Crippen LogP contribution in [0.2, 0.25) is 0 Å². The fourth-order valence-corrected chi connectivity index (χ4v) is 2.78. The topological polar surface area (TPSA) is 68.0 Å². The smallest absolute Gasteiger partial charge is 0.226 e. The zero-order valence-electron chi connectivity index (χ0n) is 13.0. The summed E-state index contributed by atoms with van der Waals surface area (Å²) in [5.74, 6) is 0.0160. The summed E-state index contributed by atoms with van der Waals surface area (Å²) < 4.78 is 0. The van der Waals surface area contributed by atoms with Gasteiger partial charge in [-0.2, -0.15) is 0 Å². The number of nitrogens with one attached hydrogen (secondary N) is 1. The summed E-state index contributed by atoms with van der Waals surface area (Å²) in [6.07, 6.45) is 3.50. The molecule has 1 amide bonds. The normalized spacial score (nSPS) is 13.2. The second kappa shape index (κ2) is 7.74. The number of thiazole rings is 1. The van der Waals surface area contributed by atoms with Crippen molar-refractivity contribution in [2.24, 2.45) is 5.73 Å². The molecule has 1 unspecified atom stereocenters. The molecule has 0 aliphatic heterocycles. The number of carbonyl (C=O) groups is 1. The van der Waals surface area contributed by atoms with Gasteiger partial charge in [0.05, 0.1) is 17.1 Å². The molecule has 114 valence electrons. The van der Waals surface area contributed by atoms with Crippen LogP contribution in [0.4, 0.5) is 0 Å². The highest BCUT2D eigenvalue weighted by Gasteiger charge is 2.19. The highest BCUT2D eigenvalue weighted by Crippen LogP contribution is 2.25. The number of unbranched alkanes of at least 4 members (excludes halogenated alkanes) is 1. The van der Waals surface area contributed by atoms with Gasteiger partial charge in [-0.1, -0.05) is 40.5 Å². The third-order valence-electron chi connectivity index (χ3n) is 3.09. The van der Waals surface area contributed by atoms with Crippen molar-refractivity contribution in [1.29, 1.82) is 0 Å². The average molecular weight is 297 g/mol. The number of hydrogen-bond acceptors (Lipinski definition) is 4. The predicted octanol–water partition coefficient (Wildman–Crippen LogP) is 2.62. The van der Waals surface area contributed by atoms with E-state index in [-0.39, 0.29) is 17.4 Å². The third kappa shape index (κ3) is 5.59. The Bertz CT molecular complexity index is 423. The van der Waals surface area contributed by atoms with E-state index in [1.54, 1.807) is 11.3 Å². The number of carbonyl (C=O) groups excluding carboxylic acids is 1. The van der Waals surface area contributed by atoms with Crippen LogP contribution in [0.25, 0.3) is 0 Å². The minimum absolute atomic E-state index is 0.0160. The van der Waals surface area contributed by atoms with E-state index in [2.05, 4.69) is 38.0 Å². The molecule has 0 aliphatic rings. The van der Waals surface area contributed by atoms with Crippen LogP contribution < -0.4 is 11.1 Å². The minimum atomic E-state index is 0.0160. The van der Waals surface area contributed by atoms with Crippen LogP contribution in [0.5, 0.6) is 0 Å². The molecular weight excluding hydrogens is 270 g/mol. The minimum Gasteiger partial charge on any atom is -0.352 e. The first kappa shape index (κ1) is 17.1. The third-order valence-corrected chi connectivity index (χ3v) is 4.41. The average Bonchev–Trinajstić information content (AvgIpc) is 2.82. The molecule has 20 heavy (non-hydrogen) atoms. The van der Waals surface area contributed by atoms with Gasteiger partial charge in [0.25, 0.3) is 0 Å². The van der Waals surface area contributed by atoms with E-state index < -0.39 is 0 Å². The van der Waals surface area contributed by atoms with Crippen LogP contribution in [0.3, 0.4) is 0 Å². The number of aromatic nitrogens is 1. The molecule has 0 bridgehead atoms. The SMILES string of the molecule is CCCCC(CN)NC(=O)Cc1csc(C(C)(C)C)n1. The van der Waals surface area contributed by atoms with Crippen molar-refractivity contribution in [3.63, 3.8) is 0 Å². The van der Waals surface area contributed by atoms with E-state index in [1.807, 2.05) is 5.38 Å². The Kier molecular flexibility index (Phi) is 6.62. The van der Waals surface area contributed by atoms with Crippen LogP contribution in [0, 0.1) is 0 Å². The second-order valence-electron chi connectivity index (χ2n) is 6.21. The molecule has 1 aromatic heterocycles. The predicted molar refractivity (Wildman–Crippen MR) is 85.0 cm³/mol. The number of rotatable bonds is 7. The zero-order valence-corrected chi connectivity index (χ0v) is 13.8. The lowest BCUT2D eigenvalue weighted by Crippen LogP contribution is -2.40. The highest BCUT2D eigenvalue weighted by atomic mass is 32.1. The molecule has 0 saturated heterocycles. The Morgan fingerprint density at radius 1 is 1.50 bits per heavy atom. The van der Waals surface area contributed by atoms with Crippen LogP contribution in [-0.4, -0.2) is 23.5 Å². The van der Waals surface area contributed by atoms with E-state index in [0.717, 1.165) is 30.0 Å². The summed E-state index contributed by atoms with van der Waals surface area (Å²) >= 11 is 1.62. The lowest BCUT2D eigenvalue weighted by atomic mass is 9.98. The molecule has 0 aromatic carbocycles. The van der Waals surface area contributed by atoms with Crippen molar-refractivity contribution < 1.29 is 4.79 Å². The van der Waals surface area contributed by atoms with Gasteiger partial charge in [-0.15, -0.1) is 11.3 Å². The fraction of sp³-hybridized carbons (Fsp3) is 0.733. The largest absolute Gasteiger partial charge is 0.352 e. The Morgan fingerprint density at radius 2 is 2.20 bits per heavy atom. The molecule has 0 saturated carbocycles. The Hall–Kier alpha value is -0.940. The highest BCUT2D eigenvalue weighted by molar-refractivity contribution is 7.09. The van der Waals surface area contributed by atoms with E-state index in [9.17, 15) is 4.79 Å². The molecular formula is C15H27N3OS. The van der Waals surface area contributed by atoms with Gasteiger partial charge in [0.2, 0.25) is 5.91 Å². The van der Waals surface area contributed by atoms with Crippen LogP contribution in [0.1, 0.15) is 57.7 Å². The number of nitrogens with zero attached hydrogens (tertiary/aromatic N) is 1. The monoisotopic (exact) mass is 297 g/mol. The van der Waals surface area contributed by atoms with E-state index in [0.29, 0.717) is 13.0 Å². The molecule has 3 N–H and O–H groups in total. The molecule has 1 rings (SSSR count). The Balaban J connectivity index is 2.51. The molecule has 5 heteroatoms. The van der Waals surface area contributed by atoms with Gasteiger partial charge in [-0.3, -0.25) is 4.79 Å². The lowest BCUT2D eigenvalue weighted by molar-refractivity contribution is -0.121. The summed E-state index contributed by atoms with van der Waals surface area (Å²) in [6, 6.07) is 0.0863. The summed E-state index contributed by atoms with van der Waals surface area (Å²) in [6.45, 7) is 9.02. The lowest BCUT2D eigenvalue weighted by Gasteiger charge is -2.16. The molecule has 0 radical (unpaired) electrons. The van der Waals surface area contributed by atoms with Crippen LogP contribution in [0.15, 0.2) is 5.38 Å². The first-order valence-corrected chi connectivity index (χ1v) is 8.19. The molecule has 0 spiro atoms. The van der Waals surface area contributed by atoms with E-state index >= 15 is 0 Å². The molecule has 1 aromatic rings. The summed E-state index contributed by atoms with van der Waals surface area (Å²) in [7, 11) is 0. The summed E-state index contributed by atoms with van der Waals surface area (Å²) in [4.78, 5) is 16.5. The van der Waals surface area contributed by atoms with E-state index in [1.165, 1.54) is 0 Å². The van der Waals surface area contributed by atoms with Crippen molar-refractivity contribution in [1.82, 2.24) is 10.3 Å². The first-order valence-electron chi connectivity index (χ1n) is 7.31. The van der Waals surface area contributed by atoms with Crippen LogP contribution in [-0.2, 0) is 16.6 Å². The molecule has 0 fully saturated rings. The van der Waals surface area contributed by atoms with E-state index in [4.69, 9.17) is 5.73 Å². The second-order valence-corrected chi connectivity index (χ2v) is 7.07. The zero-order chi connectivity index (χ0) is 15.2. The van der Waals surface area contributed by atoms with Gasteiger partial charge in [0, 0.05) is 23.4 Å². The molecule has 0 aliphatic carbocycles. The fourth-order valence-electron chi connectivity index (χ4n) is 1.88.